The van der Waals surface area contributed by atoms with Crippen molar-refractivity contribution in [3.63, 3.8) is 0 Å². The molecule has 2 aromatic carbocycles. The van der Waals surface area contributed by atoms with Gasteiger partial charge in [0.15, 0.2) is 26.8 Å². The minimum Gasteiger partial charge on any atom is -0.493 e. The number of amides is 2. The van der Waals surface area contributed by atoms with Gasteiger partial charge in [0.1, 0.15) is 0 Å². The Balaban J connectivity index is 1.51. The Morgan fingerprint density at radius 3 is 2.50 bits per heavy atom. The molecule has 11 nitrogen and oxygen atoms in total. The maximum absolute atomic E-state index is 12.9. The summed E-state index contributed by atoms with van der Waals surface area (Å²) in [7, 11) is 3.01. The van der Waals surface area contributed by atoms with Crippen molar-refractivity contribution in [2.45, 2.75) is 23.0 Å². The van der Waals surface area contributed by atoms with Crippen LogP contribution in [-0.2, 0) is 11.3 Å². The van der Waals surface area contributed by atoms with Crippen molar-refractivity contribution < 1.29 is 19.1 Å². The molecule has 40 heavy (non-hydrogen) atoms. The summed E-state index contributed by atoms with van der Waals surface area (Å²) in [6, 6.07) is 9.91. The number of carbonyl (C=O) groups is 2. The summed E-state index contributed by atoms with van der Waals surface area (Å²) >= 11 is 16.4. The van der Waals surface area contributed by atoms with Crippen LogP contribution in [0.15, 0.2) is 45.9 Å². The summed E-state index contributed by atoms with van der Waals surface area (Å²) in [6.45, 7) is 2.05. The highest BCUT2D eigenvalue weighted by Gasteiger charge is 2.19. The molecule has 2 amide bonds. The molecule has 0 unspecified atom stereocenters. The highest BCUT2D eigenvalue weighted by molar-refractivity contribution is 8.01. The lowest BCUT2D eigenvalue weighted by molar-refractivity contribution is -0.113. The van der Waals surface area contributed by atoms with E-state index in [1.807, 2.05) is 6.92 Å². The second-order valence-electron chi connectivity index (χ2n) is 7.73. The predicted molar refractivity (Wildman–Crippen MR) is 158 cm³/mol. The smallest absolute Gasteiger partial charge is 0.251 e. The van der Waals surface area contributed by atoms with Gasteiger partial charge in [-0.05, 0) is 42.2 Å². The number of nitrogens with one attached hydrogen (secondary N) is 2. The molecule has 4 rings (SSSR count). The number of hydrogen-bond donors (Lipinski definition) is 2. The first-order valence-electron chi connectivity index (χ1n) is 11.6. The van der Waals surface area contributed by atoms with Gasteiger partial charge in [-0.3, -0.25) is 19.5 Å². The van der Waals surface area contributed by atoms with Gasteiger partial charge in [-0.1, -0.05) is 65.0 Å². The Bertz CT molecular complexity index is 1520. The fourth-order valence-corrected chi connectivity index (χ4v) is 6.09. The normalized spacial score (nSPS) is 10.8. The van der Waals surface area contributed by atoms with Gasteiger partial charge in [0, 0.05) is 5.56 Å². The van der Waals surface area contributed by atoms with Gasteiger partial charge in [0.05, 0.1) is 42.2 Å². The molecule has 2 heterocycles. The SMILES string of the molecule is CCSc1nnc(NC(=O)CSc2nnc(CNC(=O)c3ccc(OC)c(OC)c3)n2-c2ccc(Cl)c(Cl)c2)s1. The summed E-state index contributed by atoms with van der Waals surface area (Å²) in [5.74, 6) is 1.63. The standard InChI is InChI=1S/C24H23Cl2N7O4S3/c1-4-38-24-32-30-22(40-24)28-20(34)12-39-23-31-29-19(33(23)14-6-7-15(25)16(26)10-14)11-27-21(35)13-5-8-17(36-2)18(9-13)37-3/h5-10H,4,11-12H2,1-3H3,(H,27,35)(H,28,30,34). The zero-order chi connectivity index (χ0) is 28.6. The summed E-state index contributed by atoms with van der Waals surface area (Å²) in [5.41, 5.74) is 0.990. The van der Waals surface area contributed by atoms with Gasteiger partial charge in [-0.2, -0.15) is 0 Å². The minimum atomic E-state index is -0.351. The molecule has 0 radical (unpaired) electrons. The third kappa shape index (κ3) is 7.37. The van der Waals surface area contributed by atoms with Crippen LogP contribution in [0, 0.1) is 0 Å². The molecule has 0 aliphatic rings. The fraction of sp³-hybridized carbons (Fsp3) is 0.250. The zero-order valence-electron chi connectivity index (χ0n) is 21.4. The molecule has 0 atom stereocenters. The lowest BCUT2D eigenvalue weighted by Crippen LogP contribution is -2.24. The average Bonchev–Trinajstić information content (AvgIpc) is 3.58. The molecular weight excluding hydrogens is 617 g/mol. The van der Waals surface area contributed by atoms with E-state index >= 15 is 0 Å². The van der Waals surface area contributed by atoms with Crippen molar-refractivity contribution in [3.05, 3.63) is 57.8 Å². The molecule has 2 N–H and O–H groups in total. The van der Waals surface area contributed by atoms with E-state index in [1.165, 1.54) is 37.3 Å². The largest absolute Gasteiger partial charge is 0.493 e. The van der Waals surface area contributed by atoms with Crippen LogP contribution >= 0.6 is 58.1 Å². The zero-order valence-corrected chi connectivity index (χ0v) is 25.4. The van der Waals surface area contributed by atoms with Crippen molar-refractivity contribution in [1.29, 1.82) is 0 Å². The molecule has 210 valence electrons. The monoisotopic (exact) mass is 639 g/mol. The Labute approximate surface area is 252 Å². The van der Waals surface area contributed by atoms with E-state index in [9.17, 15) is 9.59 Å². The molecule has 0 fully saturated rings. The third-order valence-electron chi connectivity index (χ3n) is 5.17. The van der Waals surface area contributed by atoms with Gasteiger partial charge >= 0.3 is 0 Å². The molecule has 0 spiro atoms. The average molecular weight is 641 g/mol. The van der Waals surface area contributed by atoms with Crippen LogP contribution < -0.4 is 20.1 Å². The third-order valence-corrected chi connectivity index (χ3v) is 8.69. The number of nitrogens with zero attached hydrogens (tertiary/aromatic N) is 5. The maximum Gasteiger partial charge on any atom is 0.251 e. The molecule has 16 heteroatoms. The molecule has 0 aliphatic carbocycles. The van der Waals surface area contributed by atoms with Gasteiger partial charge in [0.2, 0.25) is 11.0 Å². The molecule has 0 bridgehead atoms. The molecule has 0 saturated carbocycles. The van der Waals surface area contributed by atoms with E-state index in [1.54, 1.807) is 52.7 Å². The first kappa shape index (κ1) is 29.9. The molecule has 0 saturated heterocycles. The number of ether oxygens (including phenoxy) is 2. The number of thioether (sulfide) groups is 2. The second-order valence-corrected chi connectivity index (χ2v) is 12.0. The number of halogens is 2. The number of methoxy groups -OCH3 is 2. The van der Waals surface area contributed by atoms with E-state index in [4.69, 9.17) is 32.7 Å². The van der Waals surface area contributed by atoms with Crippen LogP contribution in [0.25, 0.3) is 5.69 Å². The maximum atomic E-state index is 12.9. The number of anilines is 1. The molecule has 2 aromatic heterocycles. The van der Waals surface area contributed by atoms with Crippen molar-refractivity contribution in [2.75, 3.05) is 31.0 Å². The number of carbonyl (C=O) groups excluding carboxylic acids is 2. The van der Waals surface area contributed by atoms with Crippen LogP contribution in [0.4, 0.5) is 5.13 Å². The van der Waals surface area contributed by atoms with Crippen molar-refractivity contribution >= 4 is 75.0 Å². The minimum absolute atomic E-state index is 0.0350. The molecule has 0 aliphatic heterocycles. The predicted octanol–water partition coefficient (Wildman–Crippen LogP) is 5.22. The fourth-order valence-electron chi connectivity index (χ4n) is 3.36. The lowest BCUT2D eigenvalue weighted by atomic mass is 10.2. The van der Waals surface area contributed by atoms with E-state index in [2.05, 4.69) is 31.0 Å². The Morgan fingerprint density at radius 2 is 1.77 bits per heavy atom. The van der Waals surface area contributed by atoms with E-state index < -0.39 is 0 Å². The Morgan fingerprint density at radius 1 is 0.975 bits per heavy atom. The quantitative estimate of drug-likeness (QED) is 0.157. The second kappa shape index (κ2) is 14.0. The summed E-state index contributed by atoms with van der Waals surface area (Å²) < 4.78 is 13.0. The number of aromatic nitrogens is 5. The van der Waals surface area contributed by atoms with Gasteiger partial charge < -0.3 is 14.8 Å². The Kier molecular flexibility index (Phi) is 10.5. The van der Waals surface area contributed by atoms with Crippen molar-refractivity contribution in [1.82, 2.24) is 30.3 Å². The van der Waals surface area contributed by atoms with Crippen LogP contribution in [0.2, 0.25) is 10.0 Å². The summed E-state index contributed by atoms with van der Waals surface area (Å²) in [6.07, 6.45) is 0. The van der Waals surface area contributed by atoms with Crippen molar-refractivity contribution in [2.24, 2.45) is 0 Å². The lowest BCUT2D eigenvalue weighted by Gasteiger charge is -2.12. The van der Waals surface area contributed by atoms with Crippen molar-refractivity contribution in [3.8, 4) is 17.2 Å². The van der Waals surface area contributed by atoms with Gasteiger partial charge in [0.25, 0.3) is 5.91 Å². The highest BCUT2D eigenvalue weighted by atomic mass is 35.5. The molecule has 4 aromatic rings. The van der Waals surface area contributed by atoms with E-state index in [-0.39, 0.29) is 24.1 Å². The van der Waals surface area contributed by atoms with Crippen LogP contribution in [-0.4, -0.2) is 62.5 Å². The van der Waals surface area contributed by atoms with Crippen LogP contribution in [0.5, 0.6) is 11.5 Å². The Hall–Kier alpha value is -3.04. The number of rotatable bonds is 12. The molecular formula is C24H23Cl2N7O4S3. The number of benzene rings is 2. The topological polar surface area (TPSA) is 133 Å². The van der Waals surface area contributed by atoms with E-state index in [0.717, 1.165) is 10.1 Å². The summed E-state index contributed by atoms with van der Waals surface area (Å²) in [5, 5.41) is 23.7. The first-order chi connectivity index (χ1) is 19.3. The summed E-state index contributed by atoms with van der Waals surface area (Å²) in [4.78, 5) is 25.5. The van der Waals surface area contributed by atoms with Gasteiger partial charge in [-0.25, -0.2) is 0 Å². The van der Waals surface area contributed by atoms with Crippen LogP contribution in [0.3, 0.4) is 0 Å². The van der Waals surface area contributed by atoms with Gasteiger partial charge in [-0.15, -0.1) is 20.4 Å². The van der Waals surface area contributed by atoms with Crippen LogP contribution in [0.1, 0.15) is 23.1 Å². The van der Waals surface area contributed by atoms with E-state index in [0.29, 0.717) is 48.9 Å². The first-order valence-corrected chi connectivity index (χ1v) is 15.2. The number of hydrogen-bond acceptors (Lipinski definition) is 11. The highest BCUT2D eigenvalue weighted by Crippen LogP contribution is 2.30.